The Labute approximate surface area is 76.4 Å². The molecule has 1 aromatic heterocycles. The summed E-state index contributed by atoms with van der Waals surface area (Å²) in [6.45, 7) is 2.40. The first-order valence-electron chi connectivity index (χ1n) is 4.08. The van der Waals surface area contributed by atoms with Crippen LogP contribution in [0, 0.1) is 0 Å². The third-order valence-electron chi connectivity index (χ3n) is 1.35. The van der Waals surface area contributed by atoms with Crippen molar-refractivity contribution in [2.75, 3.05) is 13.2 Å². The van der Waals surface area contributed by atoms with E-state index in [0.717, 1.165) is 0 Å². The normalized spacial score (nSPS) is 9.92. The Hall–Kier alpha value is -1.29. The van der Waals surface area contributed by atoms with Gasteiger partial charge in [0, 0.05) is 0 Å². The van der Waals surface area contributed by atoms with Crippen molar-refractivity contribution in [3.63, 3.8) is 0 Å². The van der Waals surface area contributed by atoms with Crippen LogP contribution in [0.2, 0.25) is 0 Å². The Balaban J connectivity index is 2.11. The van der Waals surface area contributed by atoms with Gasteiger partial charge in [-0.15, -0.1) is 0 Å². The first-order chi connectivity index (χ1) is 6.33. The Kier molecular flexibility index (Phi) is 4.05. The fourth-order valence-corrected chi connectivity index (χ4v) is 0.832. The molecule has 4 heteroatoms. The molecule has 4 nitrogen and oxygen atoms in total. The van der Waals surface area contributed by atoms with Gasteiger partial charge in [0.1, 0.15) is 19.0 Å². The van der Waals surface area contributed by atoms with Crippen molar-refractivity contribution < 1.29 is 18.7 Å². The highest BCUT2D eigenvalue weighted by Crippen LogP contribution is 2.01. The predicted molar refractivity (Wildman–Crippen MR) is 45.0 cm³/mol. The summed E-state index contributed by atoms with van der Waals surface area (Å²) in [4.78, 5) is 10.8. The molecular weight excluding hydrogens is 172 g/mol. The summed E-state index contributed by atoms with van der Waals surface area (Å²) in [6.07, 6.45) is 1.56. The average molecular weight is 184 g/mol. The van der Waals surface area contributed by atoms with E-state index in [2.05, 4.69) is 4.74 Å². The van der Waals surface area contributed by atoms with Crippen LogP contribution in [-0.2, 0) is 20.9 Å². The van der Waals surface area contributed by atoms with Gasteiger partial charge in [0.05, 0.1) is 12.9 Å². The van der Waals surface area contributed by atoms with Gasteiger partial charge in [-0.2, -0.15) is 0 Å². The van der Waals surface area contributed by atoms with Crippen LogP contribution in [0.3, 0.4) is 0 Å². The quantitative estimate of drug-likeness (QED) is 0.648. The fourth-order valence-electron chi connectivity index (χ4n) is 0.832. The molecule has 0 aromatic carbocycles. The molecule has 0 aliphatic carbocycles. The Bertz CT molecular complexity index is 240. The molecule has 0 N–H and O–H groups in total. The topological polar surface area (TPSA) is 48.7 Å². The van der Waals surface area contributed by atoms with Gasteiger partial charge in [-0.1, -0.05) is 0 Å². The predicted octanol–water partition coefficient (Wildman–Crippen LogP) is 1.36. The van der Waals surface area contributed by atoms with Crippen LogP contribution < -0.4 is 0 Å². The van der Waals surface area contributed by atoms with Crippen molar-refractivity contribution >= 4 is 5.97 Å². The largest absolute Gasteiger partial charge is 0.467 e. The molecule has 0 aliphatic heterocycles. The second-order valence-electron chi connectivity index (χ2n) is 2.38. The van der Waals surface area contributed by atoms with Crippen molar-refractivity contribution in [1.29, 1.82) is 0 Å². The van der Waals surface area contributed by atoms with E-state index in [1.54, 1.807) is 25.3 Å². The Morgan fingerprint density at radius 1 is 1.62 bits per heavy atom. The zero-order valence-electron chi connectivity index (χ0n) is 7.49. The van der Waals surface area contributed by atoms with Gasteiger partial charge in [0.2, 0.25) is 0 Å². The number of carbonyl (C=O) groups is 1. The minimum absolute atomic E-state index is 0.0332. The summed E-state index contributed by atoms with van der Waals surface area (Å²) in [6, 6.07) is 3.55. The van der Waals surface area contributed by atoms with E-state index < -0.39 is 0 Å². The molecule has 0 amide bonds. The molecule has 0 radical (unpaired) electrons. The number of ether oxygens (including phenoxy) is 2. The number of rotatable bonds is 5. The van der Waals surface area contributed by atoms with Gasteiger partial charge in [-0.25, -0.2) is 4.79 Å². The highest BCUT2D eigenvalue weighted by Gasteiger charge is 2.02. The van der Waals surface area contributed by atoms with E-state index in [9.17, 15) is 4.79 Å². The standard InChI is InChI=1S/C9H12O4/c1-2-12-9(10)7-11-6-8-4-3-5-13-8/h3-5H,2,6-7H2,1H3. The van der Waals surface area contributed by atoms with E-state index in [1.807, 2.05) is 0 Å². The van der Waals surface area contributed by atoms with Crippen LogP contribution in [-0.4, -0.2) is 19.2 Å². The summed E-state index contributed by atoms with van der Waals surface area (Å²) in [5.74, 6) is 0.346. The van der Waals surface area contributed by atoms with Gasteiger partial charge in [-0.3, -0.25) is 0 Å². The molecule has 0 spiro atoms. The lowest BCUT2D eigenvalue weighted by Gasteiger charge is -2.01. The minimum Gasteiger partial charge on any atom is -0.467 e. The number of furan rings is 1. The molecule has 0 unspecified atom stereocenters. The third-order valence-corrected chi connectivity index (χ3v) is 1.35. The van der Waals surface area contributed by atoms with Gasteiger partial charge >= 0.3 is 5.97 Å². The minimum atomic E-state index is -0.353. The lowest BCUT2D eigenvalue weighted by atomic mass is 10.5. The van der Waals surface area contributed by atoms with Crippen molar-refractivity contribution in [2.45, 2.75) is 13.5 Å². The average Bonchev–Trinajstić information content (AvgIpc) is 2.57. The van der Waals surface area contributed by atoms with Gasteiger partial charge in [0.25, 0.3) is 0 Å². The molecule has 0 bridgehead atoms. The molecule has 0 saturated heterocycles. The maximum Gasteiger partial charge on any atom is 0.332 e. The van der Waals surface area contributed by atoms with Crippen molar-refractivity contribution in [2.24, 2.45) is 0 Å². The first-order valence-corrected chi connectivity index (χ1v) is 4.08. The maximum absolute atomic E-state index is 10.8. The molecule has 0 fully saturated rings. The van der Waals surface area contributed by atoms with E-state index in [-0.39, 0.29) is 12.6 Å². The van der Waals surface area contributed by atoms with E-state index >= 15 is 0 Å². The summed E-state index contributed by atoms with van der Waals surface area (Å²) in [5.41, 5.74) is 0. The van der Waals surface area contributed by atoms with Gasteiger partial charge < -0.3 is 13.9 Å². The van der Waals surface area contributed by atoms with Crippen LogP contribution in [0.5, 0.6) is 0 Å². The van der Waals surface area contributed by atoms with Crippen LogP contribution in [0.15, 0.2) is 22.8 Å². The Morgan fingerprint density at radius 3 is 3.08 bits per heavy atom. The van der Waals surface area contributed by atoms with Crippen LogP contribution in [0.1, 0.15) is 12.7 Å². The van der Waals surface area contributed by atoms with Crippen LogP contribution >= 0.6 is 0 Å². The second-order valence-corrected chi connectivity index (χ2v) is 2.38. The summed E-state index contributed by atoms with van der Waals surface area (Å²) >= 11 is 0. The molecule has 1 heterocycles. The second kappa shape index (κ2) is 5.37. The molecule has 0 atom stereocenters. The van der Waals surface area contributed by atoms with Crippen LogP contribution in [0.4, 0.5) is 0 Å². The monoisotopic (exact) mass is 184 g/mol. The first kappa shape index (κ1) is 9.80. The fraction of sp³-hybridized carbons (Fsp3) is 0.444. The van der Waals surface area contributed by atoms with Gasteiger partial charge in [0.15, 0.2) is 0 Å². The summed E-state index contributed by atoms with van der Waals surface area (Å²) < 4.78 is 14.7. The highest BCUT2D eigenvalue weighted by atomic mass is 16.6. The van der Waals surface area contributed by atoms with Crippen molar-refractivity contribution in [3.8, 4) is 0 Å². The zero-order chi connectivity index (χ0) is 9.52. The van der Waals surface area contributed by atoms with Gasteiger partial charge in [-0.05, 0) is 19.1 Å². The summed E-state index contributed by atoms with van der Waals surface area (Å²) in [5, 5.41) is 0. The Morgan fingerprint density at radius 2 is 2.46 bits per heavy atom. The molecule has 0 saturated carbocycles. The molecule has 1 rings (SSSR count). The molecular formula is C9H12O4. The highest BCUT2D eigenvalue weighted by molar-refractivity contribution is 5.70. The van der Waals surface area contributed by atoms with E-state index in [0.29, 0.717) is 19.0 Å². The number of hydrogen-bond donors (Lipinski definition) is 0. The number of esters is 1. The third kappa shape index (κ3) is 3.75. The SMILES string of the molecule is CCOC(=O)COCc1ccco1. The molecule has 13 heavy (non-hydrogen) atoms. The lowest BCUT2D eigenvalue weighted by Crippen LogP contribution is -2.12. The van der Waals surface area contributed by atoms with Crippen molar-refractivity contribution in [3.05, 3.63) is 24.2 Å². The number of hydrogen-bond acceptors (Lipinski definition) is 4. The summed E-state index contributed by atoms with van der Waals surface area (Å²) in [7, 11) is 0. The van der Waals surface area contributed by atoms with E-state index in [1.165, 1.54) is 0 Å². The zero-order valence-corrected chi connectivity index (χ0v) is 7.49. The van der Waals surface area contributed by atoms with Crippen LogP contribution in [0.25, 0.3) is 0 Å². The molecule has 72 valence electrons. The molecule has 0 aliphatic rings. The van der Waals surface area contributed by atoms with E-state index in [4.69, 9.17) is 9.15 Å². The number of carbonyl (C=O) groups excluding carboxylic acids is 1. The molecule has 1 aromatic rings. The lowest BCUT2D eigenvalue weighted by molar-refractivity contribution is -0.149. The van der Waals surface area contributed by atoms with Crippen molar-refractivity contribution in [1.82, 2.24) is 0 Å². The smallest absolute Gasteiger partial charge is 0.332 e. The maximum atomic E-state index is 10.8.